The summed E-state index contributed by atoms with van der Waals surface area (Å²) in [7, 11) is 0. The second kappa shape index (κ2) is 4.78. The van der Waals surface area contributed by atoms with Gasteiger partial charge in [0.25, 0.3) is 0 Å². The zero-order chi connectivity index (χ0) is 15.3. The molecule has 2 aromatic rings. The van der Waals surface area contributed by atoms with Crippen LogP contribution in [0.1, 0.15) is 33.7 Å². The highest BCUT2D eigenvalue weighted by molar-refractivity contribution is 6.32. The van der Waals surface area contributed by atoms with Crippen molar-refractivity contribution in [3.8, 4) is 11.5 Å². The highest BCUT2D eigenvalue weighted by Crippen LogP contribution is 2.44. The molecule has 1 unspecified atom stereocenters. The number of hydrogen-bond acceptors (Lipinski definition) is 3. The van der Waals surface area contributed by atoms with Gasteiger partial charge in [0.2, 0.25) is 0 Å². The van der Waals surface area contributed by atoms with E-state index in [0.29, 0.717) is 10.8 Å². The molecule has 1 aliphatic rings. The SMILES string of the molecule is Cc1cc(Cl)c2c(c1)C(c1cc(C)c(O)c(C)c1)C(=O)O2. The van der Waals surface area contributed by atoms with Crippen molar-refractivity contribution >= 4 is 17.6 Å². The minimum atomic E-state index is -0.490. The molecule has 1 atom stereocenters. The number of esters is 1. The van der Waals surface area contributed by atoms with E-state index < -0.39 is 5.92 Å². The summed E-state index contributed by atoms with van der Waals surface area (Å²) in [5.41, 5.74) is 4.06. The van der Waals surface area contributed by atoms with Crippen molar-refractivity contribution in [2.24, 2.45) is 0 Å². The average molecular weight is 303 g/mol. The van der Waals surface area contributed by atoms with E-state index in [1.165, 1.54) is 0 Å². The van der Waals surface area contributed by atoms with Crippen molar-refractivity contribution in [2.75, 3.05) is 0 Å². The first-order chi connectivity index (χ1) is 9.88. The lowest BCUT2D eigenvalue weighted by atomic mass is 9.89. The Morgan fingerprint density at radius 1 is 1.10 bits per heavy atom. The summed E-state index contributed by atoms with van der Waals surface area (Å²) in [5.74, 6) is -0.120. The molecule has 1 aliphatic heterocycles. The number of phenols is 1. The number of aromatic hydroxyl groups is 1. The van der Waals surface area contributed by atoms with Gasteiger partial charge in [-0.25, -0.2) is 0 Å². The molecular weight excluding hydrogens is 288 g/mol. The second-order valence-electron chi connectivity index (χ2n) is 5.52. The largest absolute Gasteiger partial charge is 0.507 e. The number of ether oxygens (including phenoxy) is 1. The lowest BCUT2D eigenvalue weighted by Gasteiger charge is -2.12. The zero-order valence-corrected chi connectivity index (χ0v) is 12.8. The van der Waals surface area contributed by atoms with E-state index in [1.807, 2.05) is 39.0 Å². The molecule has 3 nitrogen and oxygen atoms in total. The van der Waals surface area contributed by atoms with Crippen LogP contribution < -0.4 is 4.74 Å². The molecular formula is C17H15ClO3. The van der Waals surface area contributed by atoms with E-state index in [-0.39, 0.29) is 11.7 Å². The molecule has 0 bridgehead atoms. The molecule has 0 aliphatic carbocycles. The fourth-order valence-corrected chi connectivity index (χ4v) is 3.16. The second-order valence-corrected chi connectivity index (χ2v) is 5.93. The highest BCUT2D eigenvalue weighted by atomic mass is 35.5. The van der Waals surface area contributed by atoms with Crippen LogP contribution in [0, 0.1) is 20.8 Å². The van der Waals surface area contributed by atoms with Crippen molar-refractivity contribution in [1.29, 1.82) is 0 Å². The van der Waals surface area contributed by atoms with Gasteiger partial charge in [-0.1, -0.05) is 29.8 Å². The summed E-state index contributed by atoms with van der Waals surface area (Å²) in [6.07, 6.45) is 0. The quantitative estimate of drug-likeness (QED) is 0.639. The summed E-state index contributed by atoms with van der Waals surface area (Å²) >= 11 is 6.16. The van der Waals surface area contributed by atoms with Crippen LogP contribution in [0.25, 0.3) is 0 Å². The van der Waals surface area contributed by atoms with Crippen LogP contribution >= 0.6 is 11.6 Å². The van der Waals surface area contributed by atoms with Crippen molar-refractivity contribution in [3.05, 3.63) is 57.1 Å². The molecule has 0 amide bonds. The Labute approximate surface area is 128 Å². The molecule has 0 radical (unpaired) electrons. The molecule has 1 heterocycles. The Morgan fingerprint density at radius 2 is 1.71 bits per heavy atom. The van der Waals surface area contributed by atoms with E-state index in [4.69, 9.17) is 16.3 Å². The molecule has 0 saturated heterocycles. The zero-order valence-electron chi connectivity index (χ0n) is 12.0. The number of carbonyl (C=O) groups is 1. The van der Waals surface area contributed by atoms with Crippen LogP contribution in [-0.4, -0.2) is 11.1 Å². The first kappa shape index (κ1) is 14.0. The monoisotopic (exact) mass is 302 g/mol. The Morgan fingerprint density at radius 3 is 2.33 bits per heavy atom. The van der Waals surface area contributed by atoms with Crippen LogP contribution in [0.15, 0.2) is 24.3 Å². The standard InChI is InChI=1S/C17H15ClO3/c1-8-4-12-14(17(20)21-16(12)13(18)5-8)11-6-9(2)15(19)10(3)7-11/h4-7,14,19H,1-3H3. The van der Waals surface area contributed by atoms with Gasteiger partial charge in [0, 0.05) is 5.56 Å². The lowest BCUT2D eigenvalue weighted by molar-refractivity contribution is -0.133. The molecule has 4 heteroatoms. The first-order valence-electron chi connectivity index (χ1n) is 6.70. The lowest BCUT2D eigenvalue weighted by Crippen LogP contribution is -2.12. The predicted molar refractivity (Wildman–Crippen MR) is 81.2 cm³/mol. The smallest absolute Gasteiger partial charge is 0.323 e. The highest BCUT2D eigenvalue weighted by Gasteiger charge is 2.36. The first-order valence-corrected chi connectivity index (χ1v) is 7.08. The van der Waals surface area contributed by atoms with E-state index in [2.05, 4.69) is 0 Å². The summed E-state index contributed by atoms with van der Waals surface area (Å²) in [6.45, 7) is 5.56. The molecule has 21 heavy (non-hydrogen) atoms. The van der Waals surface area contributed by atoms with E-state index >= 15 is 0 Å². The average Bonchev–Trinajstić information content (AvgIpc) is 2.72. The molecule has 0 aromatic heterocycles. The maximum Gasteiger partial charge on any atom is 0.323 e. The van der Waals surface area contributed by atoms with Gasteiger partial charge in [0.1, 0.15) is 11.7 Å². The van der Waals surface area contributed by atoms with Gasteiger partial charge in [0.05, 0.1) is 5.02 Å². The van der Waals surface area contributed by atoms with Crippen molar-refractivity contribution in [3.63, 3.8) is 0 Å². The molecule has 108 valence electrons. The van der Waals surface area contributed by atoms with Crippen molar-refractivity contribution in [1.82, 2.24) is 0 Å². The van der Waals surface area contributed by atoms with Gasteiger partial charge < -0.3 is 9.84 Å². The van der Waals surface area contributed by atoms with Gasteiger partial charge in [0.15, 0.2) is 5.75 Å². The fraction of sp³-hybridized carbons (Fsp3) is 0.235. The Hall–Kier alpha value is -2.00. The summed E-state index contributed by atoms with van der Waals surface area (Å²) in [4.78, 5) is 12.3. The fourth-order valence-electron chi connectivity index (χ4n) is 2.84. The van der Waals surface area contributed by atoms with Gasteiger partial charge in [-0.2, -0.15) is 0 Å². The normalized spacial score (nSPS) is 16.8. The molecule has 3 rings (SSSR count). The van der Waals surface area contributed by atoms with Crippen LogP contribution in [0.2, 0.25) is 5.02 Å². The number of hydrogen-bond donors (Lipinski definition) is 1. The summed E-state index contributed by atoms with van der Waals surface area (Å²) in [5, 5.41) is 10.3. The molecule has 2 aromatic carbocycles. The Kier molecular flexibility index (Phi) is 3.18. The summed E-state index contributed by atoms with van der Waals surface area (Å²) < 4.78 is 5.34. The molecule has 0 saturated carbocycles. The summed E-state index contributed by atoms with van der Waals surface area (Å²) in [6, 6.07) is 7.34. The molecule has 0 fully saturated rings. The Bertz CT molecular complexity index is 742. The number of rotatable bonds is 1. The number of fused-ring (bicyclic) bond motifs is 1. The Balaban J connectivity index is 2.20. The van der Waals surface area contributed by atoms with Gasteiger partial charge in [-0.3, -0.25) is 4.79 Å². The maximum absolute atomic E-state index is 12.3. The van der Waals surface area contributed by atoms with Crippen LogP contribution in [-0.2, 0) is 4.79 Å². The number of aryl methyl sites for hydroxylation is 3. The number of halogens is 1. The van der Waals surface area contributed by atoms with Crippen LogP contribution in [0.5, 0.6) is 11.5 Å². The van der Waals surface area contributed by atoms with Gasteiger partial charge in [-0.15, -0.1) is 0 Å². The number of carbonyl (C=O) groups excluding carboxylic acids is 1. The van der Waals surface area contributed by atoms with Crippen LogP contribution in [0.4, 0.5) is 0 Å². The third kappa shape index (κ3) is 2.18. The van der Waals surface area contributed by atoms with E-state index in [1.54, 1.807) is 6.07 Å². The van der Waals surface area contributed by atoms with Gasteiger partial charge >= 0.3 is 5.97 Å². The third-order valence-electron chi connectivity index (χ3n) is 3.81. The van der Waals surface area contributed by atoms with Gasteiger partial charge in [-0.05, 0) is 49.1 Å². The maximum atomic E-state index is 12.3. The number of benzene rings is 2. The van der Waals surface area contributed by atoms with Crippen molar-refractivity contribution in [2.45, 2.75) is 26.7 Å². The minimum Gasteiger partial charge on any atom is -0.507 e. The van der Waals surface area contributed by atoms with Crippen LogP contribution in [0.3, 0.4) is 0 Å². The predicted octanol–water partition coefficient (Wildman–Crippen LogP) is 4.02. The third-order valence-corrected chi connectivity index (χ3v) is 4.09. The number of phenolic OH excluding ortho intramolecular Hbond substituents is 1. The van der Waals surface area contributed by atoms with E-state index in [9.17, 15) is 9.90 Å². The molecule has 1 N–H and O–H groups in total. The minimum absolute atomic E-state index is 0.257. The van der Waals surface area contributed by atoms with E-state index in [0.717, 1.165) is 27.8 Å². The molecule has 0 spiro atoms. The van der Waals surface area contributed by atoms with Crippen molar-refractivity contribution < 1.29 is 14.6 Å². The topological polar surface area (TPSA) is 46.5 Å².